The predicted molar refractivity (Wildman–Crippen MR) is 132 cm³/mol. The largest absolute Gasteiger partial charge is 0.367 e. The molecule has 2 fully saturated rings. The van der Waals surface area contributed by atoms with E-state index in [1.54, 1.807) is 23.4 Å². The molecule has 1 aromatic heterocycles. The summed E-state index contributed by atoms with van der Waals surface area (Å²) in [5, 5.41) is 6.92. The molecule has 1 aromatic carbocycles. The molecule has 0 radical (unpaired) electrons. The fourth-order valence-electron chi connectivity index (χ4n) is 4.72. The van der Waals surface area contributed by atoms with Crippen molar-refractivity contribution in [3.63, 3.8) is 0 Å². The Morgan fingerprint density at radius 2 is 1.76 bits per heavy atom. The molecular weight excluding hydrogens is 454 g/mol. The highest BCUT2D eigenvalue weighted by molar-refractivity contribution is 7.89. The van der Waals surface area contributed by atoms with Crippen molar-refractivity contribution in [2.45, 2.75) is 51.3 Å². The number of likely N-dealkylation sites (N-methyl/N-ethyl adjacent to an activating group) is 1. The van der Waals surface area contributed by atoms with Crippen LogP contribution in [-0.2, 0) is 21.2 Å². The van der Waals surface area contributed by atoms with Crippen molar-refractivity contribution in [1.82, 2.24) is 14.4 Å². The lowest BCUT2D eigenvalue weighted by atomic mass is 10.1. The molecule has 9 nitrogen and oxygen atoms in total. The molecule has 34 heavy (non-hydrogen) atoms. The van der Waals surface area contributed by atoms with Gasteiger partial charge in [0.1, 0.15) is 5.76 Å². The standard InChI is InChI=1S/C24H35N5O4S/c1-4-27-12-14-28(15-13-27)23-9-8-20(34(31,32)29-10-6-5-7-11-29)16-22(23)25-24(30)17-21-18(2)26-33-19(21)3/h8-9,16H,4-7,10-15,17H2,1-3H3,(H,25,30). The molecule has 2 aromatic rings. The van der Waals surface area contributed by atoms with Crippen molar-refractivity contribution < 1.29 is 17.7 Å². The van der Waals surface area contributed by atoms with Gasteiger partial charge in [-0.1, -0.05) is 18.5 Å². The van der Waals surface area contributed by atoms with Gasteiger partial charge in [0.05, 0.1) is 28.4 Å². The second kappa shape index (κ2) is 10.5. The van der Waals surface area contributed by atoms with E-state index in [4.69, 9.17) is 4.52 Å². The summed E-state index contributed by atoms with van der Waals surface area (Å²) in [7, 11) is -3.61. The normalized spacial score (nSPS) is 18.3. The highest BCUT2D eigenvalue weighted by Crippen LogP contribution is 2.32. The first-order valence-electron chi connectivity index (χ1n) is 12.1. The fourth-order valence-corrected chi connectivity index (χ4v) is 6.26. The van der Waals surface area contributed by atoms with Crippen LogP contribution in [-0.4, -0.2) is 74.5 Å². The number of piperidine rings is 1. The van der Waals surface area contributed by atoms with Gasteiger partial charge < -0.3 is 19.6 Å². The summed E-state index contributed by atoms with van der Waals surface area (Å²) in [6.45, 7) is 11.3. The number of carbonyl (C=O) groups is 1. The van der Waals surface area contributed by atoms with Gasteiger partial charge >= 0.3 is 0 Å². The minimum atomic E-state index is -3.61. The zero-order chi connectivity index (χ0) is 24.3. The van der Waals surface area contributed by atoms with Crippen molar-refractivity contribution in [3.8, 4) is 0 Å². The lowest BCUT2D eigenvalue weighted by Crippen LogP contribution is -2.46. The molecule has 2 aliphatic heterocycles. The molecule has 2 aliphatic rings. The molecule has 0 atom stereocenters. The van der Waals surface area contributed by atoms with Crippen molar-refractivity contribution in [2.24, 2.45) is 0 Å². The lowest BCUT2D eigenvalue weighted by molar-refractivity contribution is -0.115. The Kier molecular flexibility index (Phi) is 7.59. The van der Waals surface area contributed by atoms with Crippen LogP contribution in [0.1, 0.15) is 43.2 Å². The van der Waals surface area contributed by atoms with E-state index < -0.39 is 10.0 Å². The molecule has 0 bridgehead atoms. The highest BCUT2D eigenvalue weighted by atomic mass is 32.2. The van der Waals surface area contributed by atoms with Gasteiger partial charge in [-0.2, -0.15) is 4.31 Å². The first-order chi connectivity index (χ1) is 16.3. The van der Waals surface area contributed by atoms with Crippen molar-refractivity contribution in [1.29, 1.82) is 0 Å². The molecule has 0 spiro atoms. The average molecular weight is 490 g/mol. The van der Waals surface area contributed by atoms with Gasteiger partial charge in [-0.3, -0.25) is 4.79 Å². The fraction of sp³-hybridized carbons (Fsp3) is 0.583. The van der Waals surface area contributed by atoms with E-state index >= 15 is 0 Å². The van der Waals surface area contributed by atoms with E-state index in [0.717, 1.165) is 63.2 Å². The number of piperazine rings is 1. The third-order valence-electron chi connectivity index (χ3n) is 6.87. The number of nitrogens with zero attached hydrogens (tertiary/aromatic N) is 4. The van der Waals surface area contributed by atoms with Crippen molar-refractivity contribution in [3.05, 3.63) is 35.2 Å². The van der Waals surface area contributed by atoms with Crippen LogP contribution in [0.5, 0.6) is 0 Å². The molecule has 186 valence electrons. The lowest BCUT2D eigenvalue weighted by Gasteiger charge is -2.36. The van der Waals surface area contributed by atoms with E-state index in [9.17, 15) is 13.2 Å². The van der Waals surface area contributed by atoms with Crippen LogP contribution < -0.4 is 10.2 Å². The number of hydrogen-bond acceptors (Lipinski definition) is 7. The molecule has 4 rings (SSSR count). The number of nitrogens with one attached hydrogen (secondary N) is 1. The number of hydrogen-bond donors (Lipinski definition) is 1. The maximum absolute atomic E-state index is 13.3. The number of anilines is 2. The van der Waals surface area contributed by atoms with Crippen LogP contribution >= 0.6 is 0 Å². The highest BCUT2D eigenvalue weighted by Gasteiger charge is 2.28. The van der Waals surface area contributed by atoms with Crippen LogP contribution in [0.25, 0.3) is 0 Å². The third kappa shape index (κ3) is 5.29. The molecular formula is C24H35N5O4S. The SMILES string of the molecule is CCN1CCN(c2ccc(S(=O)(=O)N3CCCCC3)cc2NC(=O)Cc2c(C)noc2C)CC1. The number of benzene rings is 1. The van der Waals surface area contributed by atoms with Crippen LogP contribution in [0.3, 0.4) is 0 Å². The molecule has 0 aliphatic carbocycles. The molecule has 1 amide bonds. The Labute approximate surface area is 202 Å². The number of rotatable bonds is 7. The second-order valence-electron chi connectivity index (χ2n) is 9.09. The Hall–Kier alpha value is -2.43. The molecule has 2 saturated heterocycles. The van der Waals surface area contributed by atoms with Crippen LogP contribution in [0.2, 0.25) is 0 Å². The molecule has 3 heterocycles. The summed E-state index contributed by atoms with van der Waals surface area (Å²) >= 11 is 0. The number of aryl methyl sites for hydroxylation is 2. The van der Waals surface area contributed by atoms with E-state index in [0.29, 0.717) is 30.2 Å². The maximum Gasteiger partial charge on any atom is 0.243 e. The molecule has 0 saturated carbocycles. The Morgan fingerprint density at radius 1 is 1.06 bits per heavy atom. The van der Waals surface area contributed by atoms with Crippen molar-refractivity contribution in [2.75, 3.05) is 56.0 Å². The van der Waals surface area contributed by atoms with Gasteiger partial charge in [-0.25, -0.2) is 8.42 Å². The predicted octanol–water partition coefficient (Wildman–Crippen LogP) is 2.79. The summed E-state index contributed by atoms with van der Waals surface area (Å²) in [5.74, 6) is 0.389. The van der Waals surface area contributed by atoms with E-state index in [-0.39, 0.29) is 17.2 Å². The van der Waals surface area contributed by atoms with E-state index in [1.165, 1.54) is 0 Å². The number of sulfonamides is 1. The van der Waals surface area contributed by atoms with Crippen LogP contribution in [0, 0.1) is 13.8 Å². The zero-order valence-electron chi connectivity index (χ0n) is 20.3. The van der Waals surface area contributed by atoms with Crippen LogP contribution in [0.15, 0.2) is 27.6 Å². The minimum absolute atomic E-state index is 0.118. The van der Waals surface area contributed by atoms with Gasteiger partial charge in [0.2, 0.25) is 15.9 Å². The summed E-state index contributed by atoms with van der Waals surface area (Å²) in [4.78, 5) is 17.8. The first-order valence-corrected chi connectivity index (χ1v) is 13.6. The van der Waals surface area contributed by atoms with Crippen molar-refractivity contribution >= 4 is 27.3 Å². The third-order valence-corrected chi connectivity index (χ3v) is 8.77. The van der Waals surface area contributed by atoms with Gasteiger partial charge in [-0.15, -0.1) is 0 Å². The quantitative estimate of drug-likeness (QED) is 0.638. The van der Waals surface area contributed by atoms with E-state index in [2.05, 4.69) is 27.2 Å². The van der Waals surface area contributed by atoms with Gasteiger partial charge in [0.25, 0.3) is 0 Å². The maximum atomic E-state index is 13.3. The minimum Gasteiger partial charge on any atom is -0.367 e. The Balaban J connectivity index is 1.62. The number of carbonyl (C=O) groups excluding carboxylic acids is 1. The summed E-state index contributed by atoms with van der Waals surface area (Å²) in [6.07, 6.45) is 2.92. The summed E-state index contributed by atoms with van der Waals surface area (Å²) < 4.78 is 33.4. The first kappa shape index (κ1) is 24.7. The second-order valence-corrected chi connectivity index (χ2v) is 11.0. The Morgan fingerprint density at radius 3 is 2.38 bits per heavy atom. The smallest absolute Gasteiger partial charge is 0.243 e. The molecule has 1 N–H and O–H groups in total. The average Bonchev–Trinajstić information content (AvgIpc) is 3.16. The van der Waals surface area contributed by atoms with Gasteiger partial charge in [0.15, 0.2) is 0 Å². The zero-order valence-corrected chi connectivity index (χ0v) is 21.2. The van der Waals surface area contributed by atoms with E-state index in [1.807, 2.05) is 13.0 Å². The number of aromatic nitrogens is 1. The van der Waals surface area contributed by atoms with Crippen LogP contribution in [0.4, 0.5) is 11.4 Å². The summed E-state index contributed by atoms with van der Waals surface area (Å²) in [5.41, 5.74) is 2.82. The molecule has 10 heteroatoms. The van der Waals surface area contributed by atoms with Gasteiger partial charge in [-0.05, 0) is 51.4 Å². The van der Waals surface area contributed by atoms with Gasteiger partial charge in [0, 0.05) is 44.8 Å². The monoisotopic (exact) mass is 489 g/mol. The summed E-state index contributed by atoms with van der Waals surface area (Å²) in [6, 6.07) is 5.13. The number of amides is 1. The topological polar surface area (TPSA) is 99.0 Å². The molecule has 0 unspecified atom stereocenters. The Bertz CT molecular complexity index is 1100.